The number of amides is 2. The maximum atomic E-state index is 13.2. The molecule has 8 nitrogen and oxygen atoms in total. The summed E-state index contributed by atoms with van der Waals surface area (Å²) in [5.74, 6) is 0.121. The molecule has 1 aromatic carbocycles. The van der Waals surface area contributed by atoms with Gasteiger partial charge in [-0.2, -0.15) is 0 Å². The van der Waals surface area contributed by atoms with Crippen LogP contribution in [0.25, 0.3) is 10.9 Å². The molecule has 2 aromatic heterocycles. The van der Waals surface area contributed by atoms with Crippen molar-refractivity contribution in [2.24, 2.45) is 0 Å². The molecule has 0 aliphatic carbocycles. The van der Waals surface area contributed by atoms with Crippen LogP contribution in [0.3, 0.4) is 0 Å². The van der Waals surface area contributed by atoms with Gasteiger partial charge in [0, 0.05) is 42.3 Å². The third-order valence-corrected chi connectivity index (χ3v) is 6.31. The Balaban J connectivity index is 1.51. The number of hydrogen-bond acceptors (Lipinski definition) is 5. The van der Waals surface area contributed by atoms with Crippen LogP contribution < -0.4 is 16.4 Å². The second-order valence-electron chi connectivity index (χ2n) is 8.92. The summed E-state index contributed by atoms with van der Waals surface area (Å²) in [6, 6.07) is 10.9. The fourth-order valence-electron chi connectivity index (χ4n) is 4.54. The topological polar surface area (TPSA) is 116 Å². The highest BCUT2D eigenvalue weighted by Gasteiger charge is 2.34. The number of aromatic amines is 1. The molecule has 1 saturated heterocycles. The molecule has 1 aliphatic heterocycles. The number of likely N-dealkylation sites (tertiary alicyclic amines) is 1. The number of para-hydroxylation sites is 1. The smallest absolute Gasteiger partial charge is 0.243 e. The number of fused-ring (bicyclic) bond motifs is 1. The van der Waals surface area contributed by atoms with Gasteiger partial charge in [-0.3, -0.25) is 14.5 Å². The lowest BCUT2D eigenvalue weighted by Crippen LogP contribution is -2.53. The zero-order chi connectivity index (χ0) is 23.4. The minimum atomic E-state index is -0.687. The molecule has 1 aliphatic rings. The summed E-state index contributed by atoms with van der Waals surface area (Å²) in [6.07, 6.45) is 5.75. The summed E-state index contributed by atoms with van der Waals surface area (Å²) < 4.78 is 0. The predicted molar refractivity (Wildman–Crippen MR) is 129 cm³/mol. The number of carbonyl (C=O) groups is 2. The second kappa shape index (κ2) is 10.0. The van der Waals surface area contributed by atoms with Gasteiger partial charge in [0.15, 0.2) is 0 Å². The molecule has 174 valence electrons. The van der Waals surface area contributed by atoms with Crippen molar-refractivity contribution in [3.05, 3.63) is 59.9 Å². The molecule has 0 unspecified atom stereocenters. The van der Waals surface area contributed by atoms with E-state index in [4.69, 9.17) is 5.73 Å². The van der Waals surface area contributed by atoms with Gasteiger partial charge in [-0.1, -0.05) is 24.3 Å². The van der Waals surface area contributed by atoms with Crippen LogP contribution in [0.5, 0.6) is 0 Å². The first-order valence-electron chi connectivity index (χ1n) is 11.5. The molecular weight excluding hydrogens is 416 g/mol. The van der Waals surface area contributed by atoms with Gasteiger partial charge in [-0.15, -0.1) is 0 Å². The van der Waals surface area contributed by atoms with Crippen LogP contribution in [0.15, 0.2) is 48.8 Å². The molecule has 2 amide bonds. The number of rotatable bonds is 8. The minimum absolute atomic E-state index is 0.0876. The summed E-state index contributed by atoms with van der Waals surface area (Å²) in [5, 5.41) is 7.05. The third-order valence-electron chi connectivity index (χ3n) is 6.31. The number of nitrogens with one attached hydrogen (secondary N) is 3. The summed E-state index contributed by atoms with van der Waals surface area (Å²) >= 11 is 0. The van der Waals surface area contributed by atoms with Gasteiger partial charge < -0.3 is 21.4 Å². The molecule has 0 radical (unpaired) electrons. The van der Waals surface area contributed by atoms with Crippen LogP contribution in [-0.4, -0.2) is 51.4 Å². The van der Waals surface area contributed by atoms with Crippen LogP contribution in [0.1, 0.15) is 37.8 Å². The Morgan fingerprint density at radius 2 is 2.06 bits per heavy atom. The Morgan fingerprint density at radius 1 is 1.24 bits per heavy atom. The SMILES string of the molecule is CC(C)N1CCC[C@@H]1C(=O)N[C@@H](Cc1c[nH]c2ccccc12)C(=O)NCc1ccc(N)nc1. The Bertz CT molecular complexity index is 1110. The molecule has 4 rings (SSSR count). The van der Waals surface area contributed by atoms with E-state index >= 15 is 0 Å². The van der Waals surface area contributed by atoms with Crippen molar-refractivity contribution in [2.45, 2.75) is 57.8 Å². The van der Waals surface area contributed by atoms with Crippen molar-refractivity contribution in [3.8, 4) is 0 Å². The molecule has 5 N–H and O–H groups in total. The Hall–Kier alpha value is -3.39. The van der Waals surface area contributed by atoms with E-state index in [1.165, 1.54) is 0 Å². The fourth-order valence-corrected chi connectivity index (χ4v) is 4.54. The van der Waals surface area contributed by atoms with Gasteiger partial charge in [0.05, 0.1) is 6.04 Å². The lowest BCUT2D eigenvalue weighted by molar-refractivity contribution is -0.131. The molecule has 2 atom stereocenters. The molecule has 0 spiro atoms. The van der Waals surface area contributed by atoms with E-state index in [2.05, 4.69) is 39.3 Å². The van der Waals surface area contributed by atoms with Crippen molar-refractivity contribution >= 4 is 28.5 Å². The summed E-state index contributed by atoms with van der Waals surface area (Å²) in [6.45, 7) is 5.41. The number of nitrogen functional groups attached to an aromatic ring is 1. The van der Waals surface area contributed by atoms with Crippen LogP contribution >= 0.6 is 0 Å². The van der Waals surface area contributed by atoms with E-state index in [1.807, 2.05) is 36.5 Å². The molecule has 0 bridgehead atoms. The quantitative estimate of drug-likeness (QED) is 0.422. The highest BCUT2D eigenvalue weighted by Crippen LogP contribution is 2.22. The Kier molecular flexibility index (Phi) is 6.93. The van der Waals surface area contributed by atoms with Crippen LogP contribution in [0, 0.1) is 0 Å². The number of carbonyl (C=O) groups excluding carboxylic acids is 2. The first-order valence-corrected chi connectivity index (χ1v) is 11.5. The van der Waals surface area contributed by atoms with E-state index in [-0.39, 0.29) is 23.9 Å². The first kappa shape index (κ1) is 22.8. The van der Waals surface area contributed by atoms with Crippen molar-refractivity contribution in [1.29, 1.82) is 0 Å². The highest BCUT2D eigenvalue weighted by molar-refractivity contribution is 5.91. The number of nitrogens with two attached hydrogens (primary N) is 1. The van der Waals surface area contributed by atoms with Gasteiger partial charge in [0.1, 0.15) is 11.9 Å². The van der Waals surface area contributed by atoms with Crippen LogP contribution in [0.4, 0.5) is 5.82 Å². The summed E-state index contributed by atoms with van der Waals surface area (Å²) in [5.41, 5.74) is 8.49. The predicted octanol–water partition coefficient (Wildman–Crippen LogP) is 2.36. The number of benzene rings is 1. The maximum Gasteiger partial charge on any atom is 0.243 e. The minimum Gasteiger partial charge on any atom is -0.384 e. The fraction of sp³-hybridized carbons (Fsp3) is 0.400. The van der Waals surface area contributed by atoms with Gasteiger partial charge in [-0.25, -0.2) is 4.98 Å². The molecule has 3 aromatic rings. The van der Waals surface area contributed by atoms with Gasteiger partial charge in [0.2, 0.25) is 11.8 Å². The molecule has 3 heterocycles. The third kappa shape index (κ3) is 5.34. The number of hydrogen-bond donors (Lipinski definition) is 4. The Morgan fingerprint density at radius 3 is 2.82 bits per heavy atom. The van der Waals surface area contributed by atoms with E-state index in [9.17, 15) is 9.59 Å². The summed E-state index contributed by atoms with van der Waals surface area (Å²) in [7, 11) is 0. The zero-order valence-corrected chi connectivity index (χ0v) is 19.2. The number of nitrogens with zero attached hydrogens (tertiary/aromatic N) is 2. The lowest BCUT2D eigenvalue weighted by Gasteiger charge is -2.29. The highest BCUT2D eigenvalue weighted by atomic mass is 16.2. The van der Waals surface area contributed by atoms with E-state index in [0.29, 0.717) is 18.8 Å². The van der Waals surface area contributed by atoms with Crippen LogP contribution in [-0.2, 0) is 22.6 Å². The summed E-state index contributed by atoms with van der Waals surface area (Å²) in [4.78, 5) is 36.0. The van der Waals surface area contributed by atoms with Crippen molar-refractivity contribution in [3.63, 3.8) is 0 Å². The zero-order valence-electron chi connectivity index (χ0n) is 19.2. The maximum absolute atomic E-state index is 13.2. The molecular formula is C25H32N6O2. The number of aromatic nitrogens is 2. The molecule has 33 heavy (non-hydrogen) atoms. The average Bonchev–Trinajstić information content (AvgIpc) is 3.46. The molecule has 8 heteroatoms. The Labute approximate surface area is 193 Å². The van der Waals surface area contributed by atoms with Gasteiger partial charge >= 0.3 is 0 Å². The van der Waals surface area contributed by atoms with Crippen molar-refractivity contribution < 1.29 is 9.59 Å². The average molecular weight is 449 g/mol. The number of pyridine rings is 1. The largest absolute Gasteiger partial charge is 0.384 e. The molecule has 0 saturated carbocycles. The second-order valence-corrected chi connectivity index (χ2v) is 8.92. The normalized spacial score (nSPS) is 17.4. The lowest BCUT2D eigenvalue weighted by atomic mass is 10.0. The molecule has 1 fully saturated rings. The first-order chi connectivity index (χ1) is 15.9. The monoisotopic (exact) mass is 448 g/mol. The van der Waals surface area contributed by atoms with E-state index in [0.717, 1.165) is 41.4 Å². The van der Waals surface area contributed by atoms with Crippen molar-refractivity contribution in [1.82, 2.24) is 25.5 Å². The van der Waals surface area contributed by atoms with E-state index in [1.54, 1.807) is 12.3 Å². The number of anilines is 1. The standard InChI is InChI=1S/C25H32N6O2/c1-16(2)31-11-5-8-22(31)25(33)30-21(12-18-15-27-20-7-4-3-6-19(18)20)24(32)29-14-17-9-10-23(26)28-13-17/h3-4,6-7,9-10,13,15-16,21-22,27H,5,8,11-12,14H2,1-2H3,(H2,26,28)(H,29,32)(H,30,33)/t21-,22+/m0/s1. The number of H-pyrrole nitrogens is 1. The van der Waals surface area contributed by atoms with Gasteiger partial charge in [-0.05, 0) is 56.5 Å². The van der Waals surface area contributed by atoms with Crippen LogP contribution in [0.2, 0.25) is 0 Å². The van der Waals surface area contributed by atoms with Crippen molar-refractivity contribution in [2.75, 3.05) is 12.3 Å². The van der Waals surface area contributed by atoms with Gasteiger partial charge in [0.25, 0.3) is 0 Å². The van der Waals surface area contributed by atoms with E-state index < -0.39 is 6.04 Å².